The van der Waals surface area contributed by atoms with Crippen LogP contribution in [0.5, 0.6) is 0 Å². The Labute approximate surface area is 154 Å². The molecule has 2 aromatic rings. The van der Waals surface area contributed by atoms with Crippen LogP contribution >= 0.6 is 0 Å². The van der Waals surface area contributed by atoms with Crippen molar-refractivity contribution in [2.24, 2.45) is 5.41 Å². The van der Waals surface area contributed by atoms with E-state index in [0.29, 0.717) is 31.9 Å². The van der Waals surface area contributed by atoms with Gasteiger partial charge in [-0.1, -0.05) is 30.3 Å². The predicted molar refractivity (Wildman–Crippen MR) is 101 cm³/mol. The van der Waals surface area contributed by atoms with Crippen molar-refractivity contribution in [3.05, 3.63) is 54.4 Å². The van der Waals surface area contributed by atoms with Crippen LogP contribution in [0.1, 0.15) is 24.8 Å². The number of anilines is 1. The minimum absolute atomic E-state index is 0.000915. The highest BCUT2D eigenvalue weighted by molar-refractivity contribution is 5.84. The van der Waals surface area contributed by atoms with Gasteiger partial charge in [-0.05, 0) is 37.3 Å². The molecule has 1 aliphatic heterocycles. The van der Waals surface area contributed by atoms with Crippen LogP contribution in [0.3, 0.4) is 0 Å². The summed E-state index contributed by atoms with van der Waals surface area (Å²) in [6, 6.07) is 12.0. The lowest BCUT2D eigenvalue weighted by atomic mass is 9.82. The van der Waals surface area contributed by atoms with Crippen LogP contribution in [0.15, 0.2) is 48.8 Å². The molecule has 0 bridgehead atoms. The Hall–Kier alpha value is -2.47. The maximum absolute atomic E-state index is 12.9. The lowest BCUT2D eigenvalue weighted by molar-refractivity contribution is -0.130. The summed E-state index contributed by atoms with van der Waals surface area (Å²) in [7, 11) is 0. The van der Waals surface area contributed by atoms with Gasteiger partial charge in [0, 0.05) is 38.6 Å². The van der Waals surface area contributed by atoms with Crippen molar-refractivity contribution in [2.75, 3.05) is 31.1 Å². The van der Waals surface area contributed by atoms with Crippen molar-refractivity contribution in [2.45, 2.75) is 25.7 Å². The molecule has 1 fully saturated rings. The Morgan fingerprint density at radius 1 is 1.19 bits per heavy atom. The number of rotatable bonds is 8. The molecule has 1 unspecified atom stereocenters. The van der Waals surface area contributed by atoms with Gasteiger partial charge in [-0.25, -0.2) is 9.97 Å². The molecular formula is C20H26N4O2. The van der Waals surface area contributed by atoms with Crippen molar-refractivity contribution < 1.29 is 9.90 Å². The smallest absolute Gasteiger partial charge is 0.228 e. The number of benzene rings is 1. The number of carbonyl (C=O) groups is 1. The molecule has 138 valence electrons. The number of nitrogens with zero attached hydrogens (tertiary/aromatic N) is 3. The summed E-state index contributed by atoms with van der Waals surface area (Å²) in [4.78, 5) is 23.4. The average molecular weight is 354 g/mol. The number of amides is 1. The molecular weight excluding hydrogens is 328 g/mol. The van der Waals surface area contributed by atoms with Crippen LogP contribution in [0, 0.1) is 5.41 Å². The standard InChI is InChI=1S/C20H26N4O2/c25-15-10-20(9-14-24(16-20)19-22-12-5-13-23-19)18(26)21-11-4-8-17-6-2-1-3-7-17/h1-3,5-7,12-13,25H,4,8-11,14-16H2,(H,21,26). The number of hydrogen-bond donors (Lipinski definition) is 2. The highest BCUT2D eigenvalue weighted by Crippen LogP contribution is 2.35. The molecule has 1 aliphatic rings. The number of aryl methyl sites for hydroxylation is 1. The van der Waals surface area contributed by atoms with Gasteiger partial charge < -0.3 is 15.3 Å². The maximum atomic E-state index is 12.9. The van der Waals surface area contributed by atoms with Crippen molar-refractivity contribution in [1.29, 1.82) is 0 Å². The Morgan fingerprint density at radius 2 is 1.96 bits per heavy atom. The summed E-state index contributed by atoms with van der Waals surface area (Å²) in [5.74, 6) is 0.669. The molecule has 1 amide bonds. The summed E-state index contributed by atoms with van der Waals surface area (Å²) >= 11 is 0. The second-order valence-electron chi connectivity index (χ2n) is 6.82. The highest BCUT2D eigenvalue weighted by Gasteiger charge is 2.44. The first-order valence-corrected chi connectivity index (χ1v) is 9.19. The molecule has 6 heteroatoms. The number of nitrogens with one attached hydrogen (secondary N) is 1. The molecule has 0 aliphatic carbocycles. The first-order valence-electron chi connectivity index (χ1n) is 9.19. The van der Waals surface area contributed by atoms with E-state index in [9.17, 15) is 9.90 Å². The number of aromatic nitrogens is 2. The lowest BCUT2D eigenvalue weighted by Gasteiger charge is -2.27. The third-order valence-corrected chi connectivity index (χ3v) is 5.03. The first kappa shape index (κ1) is 18.3. The predicted octanol–water partition coefficient (Wildman–Crippen LogP) is 1.80. The Morgan fingerprint density at radius 3 is 2.69 bits per heavy atom. The fraction of sp³-hybridized carbons (Fsp3) is 0.450. The lowest BCUT2D eigenvalue weighted by Crippen LogP contribution is -2.44. The van der Waals surface area contributed by atoms with Gasteiger partial charge in [0.25, 0.3) is 0 Å². The van der Waals surface area contributed by atoms with Crippen molar-refractivity contribution in [3.63, 3.8) is 0 Å². The normalized spacial score (nSPS) is 19.5. The summed E-state index contributed by atoms with van der Waals surface area (Å²) in [6.07, 6.45) is 6.42. The van der Waals surface area contributed by atoms with Crippen LogP contribution in [0.2, 0.25) is 0 Å². The van der Waals surface area contributed by atoms with E-state index >= 15 is 0 Å². The molecule has 6 nitrogen and oxygen atoms in total. The van der Waals surface area contributed by atoms with Crippen LogP contribution in [0.25, 0.3) is 0 Å². The molecule has 0 spiro atoms. The third kappa shape index (κ3) is 4.38. The Balaban J connectivity index is 1.54. The van der Waals surface area contributed by atoms with E-state index in [1.165, 1.54) is 5.56 Å². The van der Waals surface area contributed by atoms with Gasteiger partial charge in [0.1, 0.15) is 0 Å². The minimum Gasteiger partial charge on any atom is -0.396 e. The average Bonchev–Trinajstić information content (AvgIpc) is 3.12. The van der Waals surface area contributed by atoms with Gasteiger partial charge in [-0.3, -0.25) is 4.79 Å². The SMILES string of the molecule is O=C(NCCCc1ccccc1)C1(CCO)CCN(c2ncccn2)C1. The number of hydrogen-bond acceptors (Lipinski definition) is 5. The van der Waals surface area contributed by atoms with Crippen LogP contribution in [-0.2, 0) is 11.2 Å². The Bertz CT molecular complexity index is 695. The monoisotopic (exact) mass is 354 g/mol. The zero-order valence-corrected chi connectivity index (χ0v) is 15.0. The molecule has 2 N–H and O–H groups in total. The fourth-order valence-corrected chi connectivity index (χ4v) is 3.54. The van der Waals surface area contributed by atoms with Gasteiger partial charge in [-0.2, -0.15) is 0 Å². The molecule has 3 rings (SSSR count). The van der Waals surface area contributed by atoms with E-state index < -0.39 is 5.41 Å². The maximum Gasteiger partial charge on any atom is 0.228 e. The third-order valence-electron chi connectivity index (χ3n) is 5.03. The quantitative estimate of drug-likeness (QED) is 0.707. The molecule has 26 heavy (non-hydrogen) atoms. The second-order valence-corrected chi connectivity index (χ2v) is 6.82. The van der Waals surface area contributed by atoms with Gasteiger partial charge >= 0.3 is 0 Å². The van der Waals surface area contributed by atoms with Crippen molar-refractivity contribution >= 4 is 11.9 Å². The van der Waals surface area contributed by atoms with Gasteiger partial charge in [0.15, 0.2) is 0 Å². The second kappa shape index (κ2) is 8.76. The molecule has 1 atom stereocenters. The summed E-state index contributed by atoms with van der Waals surface area (Å²) in [6.45, 7) is 1.91. The van der Waals surface area contributed by atoms with E-state index in [0.717, 1.165) is 19.4 Å². The molecule has 2 heterocycles. The number of aliphatic hydroxyl groups is 1. The van der Waals surface area contributed by atoms with Crippen LogP contribution in [-0.4, -0.2) is 47.2 Å². The topological polar surface area (TPSA) is 78.4 Å². The molecule has 1 saturated heterocycles. The van der Waals surface area contributed by atoms with E-state index in [1.807, 2.05) is 23.1 Å². The van der Waals surface area contributed by atoms with Gasteiger partial charge in [0.05, 0.1) is 5.41 Å². The van der Waals surface area contributed by atoms with Crippen LogP contribution in [0.4, 0.5) is 5.95 Å². The molecule has 1 aromatic carbocycles. The largest absolute Gasteiger partial charge is 0.396 e. The fourth-order valence-electron chi connectivity index (χ4n) is 3.54. The molecule has 0 radical (unpaired) electrons. The summed E-state index contributed by atoms with van der Waals surface area (Å²) in [5, 5.41) is 12.6. The van der Waals surface area contributed by atoms with Crippen molar-refractivity contribution in [1.82, 2.24) is 15.3 Å². The Kier molecular flexibility index (Phi) is 6.17. The van der Waals surface area contributed by atoms with Crippen molar-refractivity contribution in [3.8, 4) is 0 Å². The molecule has 1 aromatic heterocycles. The first-order chi connectivity index (χ1) is 12.7. The number of aliphatic hydroxyl groups excluding tert-OH is 1. The van der Waals surface area contributed by atoms with Gasteiger partial charge in [-0.15, -0.1) is 0 Å². The minimum atomic E-state index is -0.569. The van der Waals surface area contributed by atoms with E-state index in [1.54, 1.807) is 18.5 Å². The number of carbonyl (C=O) groups excluding carboxylic acids is 1. The molecule has 0 saturated carbocycles. The van der Waals surface area contributed by atoms with Gasteiger partial charge in [0.2, 0.25) is 11.9 Å². The van der Waals surface area contributed by atoms with E-state index in [4.69, 9.17) is 0 Å². The van der Waals surface area contributed by atoms with E-state index in [2.05, 4.69) is 27.4 Å². The highest BCUT2D eigenvalue weighted by atomic mass is 16.3. The summed E-state index contributed by atoms with van der Waals surface area (Å²) in [5.41, 5.74) is 0.709. The summed E-state index contributed by atoms with van der Waals surface area (Å²) < 4.78 is 0. The zero-order chi connectivity index (χ0) is 18.2. The van der Waals surface area contributed by atoms with Crippen LogP contribution < -0.4 is 10.2 Å². The van der Waals surface area contributed by atoms with E-state index in [-0.39, 0.29) is 12.5 Å². The zero-order valence-electron chi connectivity index (χ0n) is 15.0.